The maximum Gasteiger partial charge on any atom is 0.339 e. The maximum absolute atomic E-state index is 13.2. The van der Waals surface area contributed by atoms with Crippen LogP contribution in [0.15, 0.2) is 108 Å². The van der Waals surface area contributed by atoms with E-state index in [9.17, 15) is 9.59 Å². The van der Waals surface area contributed by atoms with Crippen molar-refractivity contribution in [3.8, 4) is 17.0 Å². The fraction of sp³-hybridized carbons (Fsp3) is 0.121. The van der Waals surface area contributed by atoms with Crippen LogP contribution in [0.1, 0.15) is 28.4 Å². The summed E-state index contributed by atoms with van der Waals surface area (Å²) in [7, 11) is 0. The average Bonchev–Trinajstić information content (AvgIpc) is 3.00. The first-order chi connectivity index (χ1) is 19.5. The molecule has 5 rings (SSSR count). The Morgan fingerprint density at radius 2 is 1.62 bits per heavy atom. The summed E-state index contributed by atoms with van der Waals surface area (Å²) in [6, 6.07) is 32.2. The van der Waals surface area contributed by atoms with Crippen LogP contribution in [-0.4, -0.2) is 23.5 Å². The van der Waals surface area contributed by atoms with E-state index >= 15 is 0 Å². The van der Waals surface area contributed by atoms with Crippen molar-refractivity contribution in [1.82, 2.24) is 4.98 Å². The fourth-order valence-electron chi connectivity index (χ4n) is 4.33. The lowest BCUT2D eigenvalue weighted by molar-refractivity contribution is -0.119. The minimum atomic E-state index is -0.593. The number of halogens is 1. The topological polar surface area (TPSA) is 77.5 Å². The fourth-order valence-corrected chi connectivity index (χ4v) is 4.74. The Hall–Kier alpha value is -4.49. The van der Waals surface area contributed by atoms with Crippen LogP contribution in [-0.2, 0) is 22.6 Å². The lowest BCUT2D eigenvalue weighted by atomic mass is 10.0. The molecule has 0 saturated carbocycles. The molecule has 0 atom stereocenters. The summed E-state index contributed by atoms with van der Waals surface area (Å²) in [4.78, 5) is 30.5. The highest BCUT2D eigenvalue weighted by Crippen LogP contribution is 2.27. The van der Waals surface area contributed by atoms with E-state index in [1.54, 1.807) is 6.07 Å². The number of rotatable bonds is 9. The third kappa shape index (κ3) is 6.55. The highest BCUT2D eigenvalue weighted by Gasteiger charge is 2.17. The molecule has 0 aliphatic heterocycles. The van der Waals surface area contributed by atoms with Gasteiger partial charge in [0, 0.05) is 21.1 Å². The molecular weight excluding hydrogens is 568 g/mol. The second kappa shape index (κ2) is 12.6. The largest absolute Gasteiger partial charge is 0.489 e. The number of hydrogen-bond donors (Lipinski definition) is 1. The molecule has 0 spiro atoms. The molecule has 4 aromatic carbocycles. The van der Waals surface area contributed by atoms with Gasteiger partial charge in [0.25, 0.3) is 5.91 Å². The Bertz CT molecular complexity index is 1650. The molecule has 0 bridgehead atoms. The zero-order valence-electron chi connectivity index (χ0n) is 21.9. The molecule has 6 nitrogen and oxygen atoms in total. The van der Waals surface area contributed by atoms with Crippen LogP contribution in [0.4, 0.5) is 5.69 Å². The van der Waals surface area contributed by atoms with Crippen LogP contribution >= 0.6 is 15.9 Å². The number of para-hydroxylation sites is 1. The third-order valence-corrected chi connectivity index (χ3v) is 6.88. The first kappa shape index (κ1) is 27.1. The minimum Gasteiger partial charge on any atom is -0.489 e. The number of esters is 1. The normalized spacial score (nSPS) is 10.8. The van der Waals surface area contributed by atoms with E-state index in [4.69, 9.17) is 14.5 Å². The molecule has 1 heterocycles. The van der Waals surface area contributed by atoms with Crippen LogP contribution in [0.2, 0.25) is 0 Å². The first-order valence-corrected chi connectivity index (χ1v) is 13.7. The molecule has 0 aliphatic rings. The summed E-state index contributed by atoms with van der Waals surface area (Å²) in [5.41, 5.74) is 5.20. The Kier molecular flexibility index (Phi) is 8.52. The number of carbonyl (C=O) groups is 2. The summed E-state index contributed by atoms with van der Waals surface area (Å²) in [6.45, 7) is 2.08. The number of fused-ring (bicyclic) bond motifs is 1. The second-order valence-corrected chi connectivity index (χ2v) is 10.1. The molecule has 5 aromatic rings. The van der Waals surface area contributed by atoms with Crippen molar-refractivity contribution < 1.29 is 19.1 Å². The van der Waals surface area contributed by atoms with Gasteiger partial charge in [0.15, 0.2) is 6.61 Å². The summed E-state index contributed by atoms with van der Waals surface area (Å²) in [5, 5.41) is 3.49. The van der Waals surface area contributed by atoms with Crippen molar-refractivity contribution in [3.63, 3.8) is 0 Å². The van der Waals surface area contributed by atoms with E-state index in [2.05, 4.69) is 21.2 Å². The lowest BCUT2D eigenvalue weighted by Crippen LogP contribution is -2.21. The zero-order chi connectivity index (χ0) is 27.9. The predicted octanol–water partition coefficient (Wildman–Crippen LogP) is 7.60. The number of aryl methyl sites for hydroxylation is 1. The first-order valence-electron chi connectivity index (χ1n) is 12.9. The van der Waals surface area contributed by atoms with E-state index in [1.165, 1.54) is 0 Å². The van der Waals surface area contributed by atoms with Crippen LogP contribution in [0.3, 0.4) is 0 Å². The van der Waals surface area contributed by atoms with E-state index in [-0.39, 0.29) is 0 Å². The van der Waals surface area contributed by atoms with Gasteiger partial charge in [-0.05, 0) is 72.1 Å². The van der Waals surface area contributed by atoms with E-state index in [0.29, 0.717) is 34.5 Å². The maximum atomic E-state index is 13.2. The molecule has 1 N–H and O–H groups in total. The molecule has 0 radical (unpaired) electrons. The Balaban J connectivity index is 1.31. The minimum absolute atomic E-state index is 0.343. The molecule has 0 fully saturated rings. The molecule has 200 valence electrons. The number of carbonyl (C=O) groups excluding carboxylic acids is 2. The standard InChI is InChI=1S/C33H27BrN2O4/c1-2-23-18-25(34)14-17-29(23)36-32(37)21-40-33(38)28-19-31(35-30-11-7-6-10-27(28)30)24-12-15-26(16-13-24)39-20-22-8-4-3-5-9-22/h3-19H,2,20-21H2,1H3,(H,36,37). The number of nitrogens with one attached hydrogen (secondary N) is 1. The number of anilines is 1. The zero-order valence-corrected chi connectivity index (χ0v) is 23.5. The van der Waals surface area contributed by atoms with Gasteiger partial charge in [0.1, 0.15) is 12.4 Å². The molecule has 0 unspecified atom stereocenters. The molecule has 40 heavy (non-hydrogen) atoms. The predicted molar refractivity (Wildman–Crippen MR) is 160 cm³/mol. The van der Waals surface area contributed by atoms with Gasteiger partial charge in [-0.2, -0.15) is 0 Å². The number of ether oxygens (including phenoxy) is 2. The smallest absolute Gasteiger partial charge is 0.339 e. The van der Waals surface area contributed by atoms with Gasteiger partial charge < -0.3 is 14.8 Å². The number of amides is 1. The summed E-state index contributed by atoms with van der Waals surface area (Å²) < 4.78 is 12.3. The number of hydrogen-bond acceptors (Lipinski definition) is 5. The number of aromatic nitrogens is 1. The monoisotopic (exact) mass is 594 g/mol. The molecule has 1 aromatic heterocycles. The van der Waals surface area contributed by atoms with Gasteiger partial charge in [-0.1, -0.05) is 71.4 Å². The van der Waals surface area contributed by atoms with Crippen molar-refractivity contribution in [2.45, 2.75) is 20.0 Å². The number of benzene rings is 4. The van der Waals surface area contributed by atoms with Crippen LogP contribution in [0.5, 0.6) is 5.75 Å². The number of nitrogens with zero attached hydrogens (tertiary/aromatic N) is 1. The van der Waals surface area contributed by atoms with E-state index < -0.39 is 18.5 Å². The Morgan fingerprint density at radius 1 is 0.875 bits per heavy atom. The average molecular weight is 595 g/mol. The van der Waals surface area contributed by atoms with Gasteiger partial charge in [-0.3, -0.25) is 4.79 Å². The van der Waals surface area contributed by atoms with Gasteiger partial charge in [-0.25, -0.2) is 9.78 Å². The second-order valence-electron chi connectivity index (χ2n) is 9.15. The molecule has 1 amide bonds. The third-order valence-electron chi connectivity index (χ3n) is 6.39. The van der Waals surface area contributed by atoms with E-state index in [1.807, 2.05) is 104 Å². The number of pyridine rings is 1. The van der Waals surface area contributed by atoms with Crippen LogP contribution in [0, 0.1) is 0 Å². The van der Waals surface area contributed by atoms with Gasteiger partial charge >= 0.3 is 5.97 Å². The Labute approximate surface area is 241 Å². The molecular formula is C33H27BrN2O4. The summed E-state index contributed by atoms with van der Waals surface area (Å²) in [5.74, 6) is -0.268. The van der Waals surface area contributed by atoms with Crippen LogP contribution in [0.25, 0.3) is 22.2 Å². The van der Waals surface area contributed by atoms with Crippen molar-refractivity contribution in [1.29, 1.82) is 0 Å². The Morgan fingerprint density at radius 3 is 2.40 bits per heavy atom. The summed E-state index contributed by atoms with van der Waals surface area (Å²) >= 11 is 3.45. The van der Waals surface area contributed by atoms with Gasteiger partial charge in [-0.15, -0.1) is 0 Å². The van der Waals surface area contributed by atoms with Crippen molar-refractivity contribution in [2.24, 2.45) is 0 Å². The molecule has 0 saturated heterocycles. The molecule has 7 heteroatoms. The lowest BCUT2D eigenvalue weighted by Gasteiger charge is -2.12. The summed E-state index contributed by atoms with van der Waals surface area (Å²) in [6.07, 6.45) is 0.751. The quantitative estimate of drug-likeness (QED) is 0.178. The van der Waals surface area contributed by atoms with Gasteiger partial charge in [0.05, 0.1) is 16.8 Å². The molecule has 0 aliphatic carbocycles. The van der Waals surface area contributed by atoms with Crippen LogP contribution < -0.4 is 10.1 Å². The van der Waals surface area contributed by atoms with Gasteiger partial charge in [0.2, 0.25) is 0 Å². The van der Waals surface area contributed by atoms with Crippen molar-refractivity contribution >= 4 is 44.4 Å². The van der Waals surface area contributed by atoms with E-state index in [0.717, 1.165) is 33.3 Å². The van der Waals surface area contributed by atoms with Crippen molar-refractivity contribution in [3.05, 3.63) is 124 Å². The highest BCUT2D eigenvalue weighted by atomic mass is 79.9. The highest BCUT2D eigenvalue weighted by molar-refractivity contribution is 9.10. The van der Waals surface area contributed by atoms with Crippen molar-refractivity contribution in [2.75, 3.05) is 11.9 Å². The SMILES string of the molecule is CCc1cc(Br)ccc1NC(=O)COC(=O)c1cc(-c2ccc(OCc3ccccc3)cc2)nc2ccccc12.